The van der Waals surface area contributed by atoms with Crippen LogP contribution in [-0.4, -0.2) is 39.6 Å². The van der Waals surface area contributed by atoms with Gasteiger partial charge in [-0.25, -0.2) is 21.7 Å². The lowest BCUT2D eigenvalue weighted by atomic mass is 10.1. The Morgan fingerprint density at radius 2 is 1.57 bits per heavy atom. The van der Waals surface area contributed by atoms with Crippen molar-refractivity contribution >= 4 is 38.4 Å². The Balaban J connectivity index is 2.03. The summed E-state index contributed by atoms with van der Waals surface area (Å²) in [5.41, 5.74) is 1.44. The first-order valence-electron chi connectivity index (χ1n) is 8.46. The number of carboxylic acids is 1. The first-order chi connectivity index (χ1) is 14.1. The van der Waals surface area contributed by atoms with E-state index < -0.39 is 32.8 Å². The first kappa shape index (κ1) is 21.5. The molecule has 1 unspecified atom stereocenters. The summed E-state index contributed by atoms with van der Waals surface area (Å²) < 4.78 is 46.1. The lowest BCUT2D eigenvalue weighted by molar-refractivity contribution is 0.0693. The van der Waals surface area contributed by atoms with Gasteiger partial charge in [-0.05, 0) is 47.5 Å². The van der Waals surface area contributed by atoms with Crippen molar-refractivity contribution in [2.75, 3.05) is 10.6 Å². The molecule has 1 atom stereocenters. The van der Waals surface area contributed by atoms with Crippen LogP contribution in [0, 0.1) is 0 Å². The molecule has 0 saturated heterocycles. The summed E-state index contributed by atoms with van der Waals surface area (Å²) >= 11 is -2.52. The number of phenols is 1. The van der Waals surface area contributed by atoms with E-state index in [0.29, 0.717) is 16.8 Å². The largest absolute Gasteiger partial charge is 0.507 e. The molecule has 10 heteroatoms. The highest BCUT2D eigenvalue weighted by atomic mass is 32.2. The molecule has 3 aromatic carbocycles. The van der Waals surface area contributed by atoms with E-state index >= 15 is 0 Å². The van der Waals surface area contributed by atoms with Crippen LogP contribution in [0.25, 0.3) is 11.1 Å². The minimum Gasteiger partial charge on any atom is -0.507 e. The monoisotopic (exact) mass is 447 g/mol. The second-order valence-corrected chi connectivity index (χ2v) is 9.22. The molecular weight excluding hydrogens is 430 g/mol. The molecule has 0 heterocycles. The van der Waals surface area contributed by atoms with Crippen molar-refractivity contribution in [2.45, 2.75) is 4.90 Å². The minimum atomic E-state index is -3.33. The fourth-order valence-corrected chi connectivity index (χ4v) is 4.08. The molecule has 156 valence electrons. The lowest BCUT2D eigenvalue weighted by Gasteiger charge is -2.21. The maximum Gasteiger partial charge on any atom is 0.339 e. The van der Waals surface area contributed by atoms with Gasteiger partial charge in [0, 0.05) is 12.3 Å². The fraction of sp³-hybridized carbons (Fsp3) is 0.0500. The van der Waals surface area contributed by atoms with Gasteiger partial charge in [0.1, 0.15) is 11.3 Å². The van der Waals surface area contributed by atoms with E-state index in [-0.39, 0.29) is 16.1 Å². The quantitative estimate of drug-likeness (QED) is 0.493. The number of hydrogen-bond donors (Lipinski definition) is 3. The average molecular weight is 447 g/mol. The summed E-state index contributed by atoms with van der Waals surface area (Å²) in [6.07, 6.45) is 1.11. The van der Waals surface area contributed by atoms with Crippen molar-refractivity contribution in [1.82, 2.24) is 0 Å². The molecular formula is C20H17NO7S2. The maximum absolute atomic E-state index is 12.0. The van der Waals surface area contributed by atoms with Gasteiger partial charge < -0.3 is 10.2 Å². The molecule has 0 aromatic heterocycles. The van der Waals surface area contributed by atoms with Crippen LogP contribution in [0.3, 0.4) is 0 Å². The average Bonchev–Trinajstić information content (AvgIpc) is 2.67. The summed E-state index contributed by atoms with van der Waals surface area (Å²) in [5, 5.41) is 19.0. The van der Waals surface area contributed by atoms with E-state index in [1.807, 2.05) is 0 Å². The van der Waals surface area contributed by atoms with Gasteiger partial charge in [-0.1, -0.05) is 24.3 Å². The van der Waals surface area contributed by atoms with Crippen molar-refractivity contribution in [3.8, 4) is 16.9 Å². The Hall–Kier alpha value is -3.21. The van der Waals surface area contributed by atoms with Gasteiger partial charge in [0.2, 0.25) is 0 Å². The molecule has 3 aromatic rings. The molecule has 30 heavy (non-hydrogen) atoms. The molecule has 0 saturated carbocycles. The first-order valence-corrected chi connectivity index (χ1v) is 11.4. The summed E-state index contributed by atoms with van der Waals surface area (Å²) in [6.45, 7) is 0. The molecule has 0 aliphatic rings. The van der Waals surface area contributed by atoms with Crippen molar-refractivity contribution in [2.24, 2.45) is 0 Å². The van der Waals surface area contributed by atoms with Crippen molar-refractivity contribution in [3.63, 3.8) is 0 Å². The number of aromatic hydroxyl groups is 1. The number of aromatic carboxylic acids is 1. The van der Waals surface area contributed by atoms with E-state index in [9.17, 15) is 27.1 Å². The molecule has 0 fully saturated rings. The van der Waals surface area contributed by atoms with Crippen LogP contribution in [0.5, 0.6) is 5.75 Å². The van der Waals surface area contributed by atoms with Crippen molar-refractivity contribution < 1.29 is 32.2 Å². The van der Waals surface area contributed by atoms with Crippen LogP contribution in [-0.2, 0) is 21.1 Å². The smallest absolute Gasteiger partial charge is 0.339 e. The minimum absolute atomic E-state index is 0.114. The molecule has 3 rings (SSSR count). The highest BCUT2D eigenvalue weighted by molar-refractivity contribution is 7.90. The van der Waals surface area contributed by atoms with Crippen LogP contribution in [0.2, 0.25) is 0 Å². The molecule has 3 N–H and O–H groups in total. The normalized spacial score (nSPS) is 12.3. The zero-order chi connectivity index (χ0) is 22.1. The second-order valence-electron chi connectivity index (χ2n) is 6.38. The van der Waals surface area contributed by atoms with Crippen LogP contribution in [0.1, 0.15) is 10.4 Å². The summed E-state index contributed by atoms with van der Waals surface area (Å²) in [6, 6.07) is 16.3. The third-order valence-electron chi connectivity index (χ3n) is 4.30. The number of anilines is 2. The van der Waals surface area contributed by atoms with Gasteiger partial charge >= 0.3 is 5.97 Å². The van der Waals surface area contributed by atoms with E-state index in [4.69, 9.17) is 5.11 Å². The van der Waals surface area contributed by atoms with Gasteiger partial charge in [0.15, 0.2) is 9.84 Å². The number of benzene rings is 3. The number of nitrogens with zero attached hydrogens (tertiary/aromatic N) is 1. The highest BCUT2D eigenvalue weighted by Crippen LogP contribution is 2.33. The second kappa shape index (κ2) is 8.27. The number of rotatable bonds is 6. The van der Waals surface area contributed by atoms with E-state index in [1.54, 1.807) is 36.4 Å². The Bertz CT molecular complexity index is 1240. The van der Waals surface area contributed by atoms with Gasteiger partial charge in [0.25, 0.3) is 11.3 Å². The molecule has 0 aliphatic carbocycles. The summed E-state index contributed by atoms with van der Waals surface area (Å²) in [7, 11) is -3.33. The van der Waals surface area contributed by atoms with E-state index in [2.05, 4.69) is 0 Å². The Morgan fingerprint density at radius 3 is 2.10 bits per heavy atom. The number of sulfone groups is 1. The zero-order valence-electron chi connectivity index (χ0n) is 15.6. The maximum atomic E-state index is 12.0. The molecule has 0 aliphatic heterocycles. The van der Waals surface area contributed by atoms with Crippen molar-refractivity contribution in [3.05, 3.63) is 72.3 Å². The molecule has 0 radical (unpaired) electrons. The lowest BCUT2D eigenvalue weighted by Crippen LogP contribution is -2.19. The van der Waals surface area contributed by atoms with Crippen LogP contribution < -0.4 is 4.31 Å². The highest BCUT2D eigenvalue weighted by Gasteiger charge is 2.19. The fourth-order valence-electron chi connectivity index (χ4n) is 2.86. The van der Waals surface area contributed by atoms with Gasteiger partial charge in [0.05, 0.1) is 16.3 Å². The predicted molar refractivity (Wildman–Crippen MR) is 113 cm³/mol. The third-order valence-corrected chi connectivity index (χ3v) is 6.16. The summed E-state index contributed by atoms with van der Waals surface area (Å²) in [4.78, 5) is 11.2. The topological polar surface area (TPSA) is 132 Å². The van der Waals surface area contributed by atoms with E-state index in [1.165, 1.54) is 18.2 Å². The third kappa shape index (κ3) is 4.51. The van der Waals surface area contributed by atoms with Crippen LogP contribution in [0.15, 0.2) is 71.6 Å². The van der Waals surface area contributed by atoms with Crippen LogP contribution >= 0.6 is 0 Å². The van der Waals surface area contributed by atoms with Gasteiger partial charge in [-0.3, -0.25) is 4.55 Å². The van der Waals surface area contributed by atoms with Crippen LogP contribution in [0.4, 0.5) is 11.4 Å². The molecule has 0 amide bonds. The SMILES string of the molecule is CS(=O)(=O)c1ccc(-c2cccc(N(c3ccc(C(=O)O)c(O)c3)S(=O)O)c2)cc1. The number of hydrogen-bond acceptors (Lipinski definition) is 5. The number of carbonyl (C=O) groups is 1. The predicted octanol–water partition coefficient (Wildman–Crippen LogP) is 3.44. The molecule has 8 nitrogen and oxygen atoms in total. The summed E-state index contributed by atoms with van der Waals surface area (Å²) in [5.74, 6) is -1.86. The number of carboxylic acid groups (broad SMARTS) is 1. The zero-order valence-corrected chi connectivity index (χ0v) is 17.2. The molecule has 0 bridgehead atoms. The Morgan fingerprint density at radius 1 is 0.933 bits per heavy atom. The van der Waals surface area contributed by atoms with E-state index in [0.717, 1.165) is 22.7 Å². The van der Waals surface area contributed by atoms with Crippen molar-refractivity contribution in [1.29, 1.82) is 0 Å². The standard InChI is InChI=1S/C20H17NO7S2/c1-30(27,28)17-8-5-13(6-9-17)14-3-2-4-15(11-14)21(29(25)26)16-7-10-18(20(23)24)19(22)12-16/h2-12,22H,1H3,(H,23,24)(H,25,26). The Kier molecular flexibility index (Phi) is 5.92. The Labute approximate surface area is 175 Å². The van der Waals surface area contributed by atoms with Gasteiger partial charge in [-0.15, -0.1) is 0 Å². The van der Waals surface area contributed by atoms with Gasteiger partial charge in [-0.2, -0.15) is 0 Å². The molecule has 0 spiro atoms.